The first-order chi connectivity index (χ1) is 6.76. The molecule has 0 fully saturated rings. The molecule has 0 aromatic heterocycles. The van der Waals surface area contributed by atoms with Crippen molar-refractivity contribution in [3.05, 3.63) is 0 Å². The quantitative estimate of drug-likeness (QED) is 0.476. The summed E-state index contributed by atoms with van der Waals surface area (Å²) in [5.41, 5.74) is 0. The van der Waals surface area contributed by atoms with Gasteiger partial charge in [0.1, 0.15) is 0 Å². The van der Waals surface area contributed by atoms with Crippen molar-refractivity contribution in [1.29, 1.82) is 5.26 Å². The molecule has 76 valence electrons. The highest BCUT2D eigenvalue weighted by Gasteiger charge is 2.09. The summed E-state index contributed by atoms with van der Waals surface area (Å²) in [5, 5.41) is 11.2. The Morgan fingerprint density at radius 3 is 2.86 bits per heavy atom. The number of amides is 1. The Balaban J connectivity index is 3.81. The summed E-state index contributed by atoms with van der Waals surface area (Å²) < 4.78 is 0. The molecule has 0 aliphatic rings. The number of terminal acetylenes is 1. The molecule has 0 saturated heterocycles. The van der Waals surface area contributed by atoms with Gasteiger partial charge in [0.2, 0.25) is 5.91 Å². The summed E-state index contributed by atoms with van der Waals surface area (Å²) in [7, 11) is 0. The number of hydrogen-bond acceptors (Lipinski definition) is 3. The lowest BCUT2D eigenvalue weighted by Gasteiger charge is -2.19. The van der Waals surface area contributed by atoms with Crippen LogP contribution in [-0.2, 0) is 4.79 Å². The molecule has 1 N–H and O–H groups in total. The van der Waals surface area contributed by atoms with Gasteiger partial charge in [-0.3, -0.25) is 10.1 Å². The number of hydrogen-bond donors (Lipinski definition) is 1. The van der Waals surface area contributed by atoms with Crippen LogP contribution in [0.25, 0.3) is 0 Å². The zero-order chi connectivity index (χ0) is 10.8. The molecule has 0 rings (SSSR count). The lowest BCUT2D eigenvalue weighted by atomic mass is 10.3. The third-order valence-electron chi connectivity index (χ3n) is 1.73. The number of nitrogens with one attached hydrogen (secondary N) is 1. The van der Waals surface area contributed by atoms with Gasteiger partial charge in [0.15, 0.2) is 0 Å². The standard InChI is InChI=1S/C10H15N3O/c1-3-7-12-9-10(14)13(4-2)8-5-6-11/h1,12H,4-5,7-9H2,2H3. The first kappa shape index (κ1) is 12.5. The molecule has 0 saturated carbocycles. The third-order valence-corrected chi connectivity index (χ3v) is 1.73. The summed E-state index contributed by atoms with van der Waals surface area (Å²) in [6.45, 7) is 3.63. The number of carbonyl (C=O) groups excluding carboxylic acids is 1. The highest BCUT2D eigenvalue weighted by atomic mass is 16.2. The monoisotopic (exact) mass is 193 g/mol. The van der Waals surface area contributed by atoms with Crippen LogP contribution in [0.5, 0.6) is 0 Å². The molecule has 0 bridgehead atoms. The minimum atomic E-state index is -0.0157. The van der Waals surface area contributed by atoms with Gasteiger partial charge in [-0.2, -0.15) is 5.26 Å². The van der Waals surface area contributed by atoms with Crippen molar-refractivity contribution in [1.82, 2.24) is 10.2 Å². The van der Waals surface area contributed by atoms with Crippen LogP contribution in [-0.4, -0.2) is 37.0 Å². The van der Waals surface area contributed by atoms with Gasteiger partial charge >= 0.3 is 0 Å². The van der Waals surface area contributed by atoms with Crippen molar-refractivity contribution in [2.75, 3.05) is 26.2 Å². The fourth-order valence-electron chi connectivity index (χ4n) is 0.998. The van der Waals surface area contributed by atoms with Gasteiger partial charge in [-0.15, -0.1) is 6.42 Å². The Labute approximate surface area is 84.9 Å². The molecule has 0 unspecified atom stereocenters. The molecule has 0 aliphatic carbocycles. The van der Waals surface area contributed by atoms with E-state index in [9.17, 15) is 4.79 Å². The zero-order valence-corrected chi connectivity index (χ0v) is 8.42. The zero-order valence-electron chi connectivity index (χ0n) is 8.42. The van der Waals surface area contributed by atoms with E-state index in [0.29, 0.717) is 26.1 Å². The summed E-state index contributed by atoms with van der Waals surface area (Å²) >= 11 is 0. The Hall–Kier alpha value is -1.52. The van der Waals surface area contributed by atoms with E-state index in [0.717, 1.165) is 0 Å². The van der Waals surface area contributed by atoms with E-state index in [1.54, 1.807) is 4.90 Å². The van der Waals surface area contributed by atoms with Gasteiger partial charge in [-0.05, 0) is 6.92 Å². The van der Waals surface area contributed by atoms with E-state index < -0.39 is 0 Å². The summed E-state index contributed by atoms with van der Waals surface area (Å²) in [5.74, 6) is 2.37. The van der Waals surface area contributed by atoms with Crippen molar-refractivity contribution in [2.45, 2.75) is 13.3 Å². The maximum Gasteiger partial charge on any atom is 0.236 e. The number of nitrogens with zero attached hydrogens (tertiary/aromatic N) is 2. The molecular formula is C10H15N3O. The second-order valence-electron chi connectivity index (χ2n) is 2.69. The Morgan fingerprint density at radius 1 is 1.64 bits per heavy atom. The predicted molar refractivity (Wildman–Crippen MR) is 54.2 cm³/mol. The molecule has 4 heteroatoms. The number of likely N-dealkylation sites (N-methyl/N-ethyl adjacent to an activating group) is 1. The van der Waals surface area contributed by atoms with Crippen molar-refractivity contribution >= 4 is 5.91 Å². The van der Waals surface area contributed by atoms with E-state index in [-0.39, 0.29) is 12.5 Å². The Kier molecular flexibility index (Phi) is 7.22. The third kappa shape index (κ3) is 5.18. The second kappa shape index (κ2) is 8.10. The van der Waals surface area contributed by atoms with Crippen LogP contribution >= 0.6 is 0 Å². The number of rotatable bonds is 6. The molecule has 0 aromatic carbocycles. The summed E-state index contributed by atoms with van der Waals surface area (Å²) in [6.07, 6.45) is 5.39. The number of carbonyl (C=O) groups is 1. The lowest BCUT2D eigenvalue weighted by molar-refractivity contribution is -0.129. The highest BCUT2D eigenvalue weighted by Crippen LogP contribution is 1.91. The van der Waals surface area contributed by atoms with Gasteiger partial charge in [-0.25, -0.2) is 0 Å². The smallest absolute Gasteiger partial charge is 0.236 e. The maximum atomic E-state index is 11.4. The van der Waals surface area contributed by atoms with E-state index in [2.05, 4.69) is 11.2 Å². The first-order valence-electron chi connectivity index (χ1n) is 4.55. The highest BCUT2D eigenvalue weighted by molar-refractivity contribution is 5.78. The van der Waals surface area contributed by atoms with E-state index in [1.807, 2.05) is 13.0 Å². The normalized spacial score (nSPS) is 8.79. The minimum absolute atomic E-state index is 0.0157. The van der Waals surface area contributed by atoms with Crippen LogP contribution in [0, 0.1) is 23.7 Å². The predicted octanol–water partition coefficient (Wildman–Crippen LogP) is -0.0286. The van der Waals surface area contributed by atoms with Gasteiger partial charge < -0.3 is 4.90 Å². The topological polar surface area (TPSA) is 56.1 Å². The SMILES string of the molecule is C#CCNCC(=O)N(CC)CCC#N. The van der Waals surface area contributed by atoms with Crippen LogP contribution in [0.4, 0.5) is 0 Å². The maximum absolute atomic E-state index is 11.4. The number of nitriles is 1. The largest absolute Gasteiger partial charge is 0.341 e. The second-order valence-corrected chi connectivity index (χ2v) is 2.69. The van der Waals surface area contributed by atoms with Gasteiger partial charge in [0.05, 0.1) is 25.6 Å². The Bertz CT molecular complexity index is 249. The van der Waals surface area contributed by atoms with Crippen molar-refractivity contribution in [3.8, 4) is 18.4 Å². The van der Waals surface area contributed by atoms with E-state index in [1.165, 1.54) is 0 Å². The van der Waals surface area contributed by atoms with Crippen LogP contribution in [0.15, 0.2) is 0 Å². The minimum Gasteiger partial charge on any atom is -0.341 e. The first-order valence-corrected chi connectivity index (χ1v) is 4.55. The van der Waals surface area contributed by atoms with Crippen LogP contribution in [0.2, 0.25) is 0 Å². The van der Waals surface area contributed by atoms with Crippen molar-refractivity contribution < 1.29 is 4.79 Å². The fraction of sp³-hybridized carbons (Fsp3) is 0.600. The molecule has 0 aromatic rings. The lowest BCUT2D eigenvalue weighted by Crippen LogP contribution is -2.38. The molecule has 1 amide bonds. The molecular weight excluding hydrogens is 178 g/mol. The summed E-state index contributed by atoms with van der Waals surface area (Å²) in [6, 6.07) is 2.01. The molecule has 0 atom stereocenters. The van der Waals surface area contributed by atoms with E-state index >= 15 is 0 Å². The van der Waals surface area contributed by atoms with Crippen molar-refractivity contribution in [3.63, 3.8) is 0 Å². The van der Waals surface area contributed by atoms with Gasteiger partial charge in [0, 0.05) is 13.1 Å². The van der Waals surface area contributed by atoms with Crippen LogP contribution < -0.4 is 5.32 Å². The average molecular weight is 193 g/mol. The van der Waals surface area contributed by atoms with Crippen LogP contribution in [0.3, 0.4) is 0 Å². The molecule has 0 radical (unpaired) electrons. The molecule has 0 spiro atoms. The molecule has 4 nitrogen and oxygen atoms in total. The van der Waals surface area contributed by atoms with Crippen LogP contribution in [0.1, 0.15) is 13.3 Å². The van der Waals surface area contributed by atoms with Crippen molar-refractivity contribution in [2.24, 2.45) is 0 Å². The van der Waals surface area contributed by atoms with Gasteiger partial charge in [-0.1, -0.05) is 5.92 Å². The molecule has 14 heavy (non-hydrogen) atoms. The van der Waals surface area contributed by atoms with E-state index in [4.69, 9.17) is 11.7 Å². The average Bonchev–Trinajstić information content (AvgIpc) is 2.19. The fourth-order valence-corrected chi connectivity index (χ4v) is 0.998. The Morgan fingerprint density at radius 2 is 2.36 bits per heavy atom. The molecule has 0 heterocycles. The van der Waals surface area contributed by atoms with Gasteiger partial charge in [0.25, 0.3) is 0 Å². The summed E-state index contributed by atoms with van der Waals surface area (Å²) in [4.78, 5) is 13.1. The molecule has 0 aliphatic heterocycles.